The molecule has 1 fully saturated rings. The lowest BCUT2D eigenvalue weighted by molar-refractivity contribution is 0.536. The molecule has 1 aliphatic heterocycles. The number of nitrogens with zero attached hydrogens (tertiary/aromatic N) is 1. The molecule has 4 heteroatoms. The average Bonchev–Trinajstić information content (AvgIpc) is 2.71. The summed E-state index contributed by atoms with van der Waals surface area (Å²) in [5, 5.41) is 0. The Balaban J connectivity index is 2.14. The molecular weight excluding hydrogens is 262 g/mol. The fraction of sp³-hybridized carbons (Fsp3) is 0.400. The van der Waals surface area contributed by atoms with E-state index in [0.717, 1.165) is 22.5 Å². The van der Waals surface area contributed by atoms with Gasteiger partial charge >= 0.3 is 0 Å². The number of halogens is 1. The highest BCUT2D eigenvalue weighted by Gasteiger charge is 2.18. The predicted octanol–water partition coefficient (Wildman–Crippen LogP) is 2.57. The van der Waals surface area contributed by atoms with Gasteiger partial charge in [-0.25, -0.2) is 8.51 Å². The normalized spacial score (nSPS) is 19.8. The van der Waals surface area contributed by atoms with Crippen molar-refractivity contribution < 1.29 is 4.21 Å². The molecule has 2 nitrogen and oxygen atoms in total. The van der Waals surface area contributed by atoms with Gasteiger partial charge in [0.25, 0.3) is 0 Å². The molecule has 1 aliphatic rings. The first-order valence-electron chi connectivity index (χ1n) is 4.70. The first-order chi connectivity index (χ1) is 6.77. The van der Waals surface area contributed by atoms with Crippen LogP contribution in [0.15, 0.2) is 33.6 Å². The Bertz CT molecular complexity index is 332. The van der Waals surface area contributed by atoms with E-state index in [1.165, 1.54) is 12.8 Å². The predicted molar refractivity (Wildman–Crippen MR) is 61.4 cm³/mol. The molecule has 0 bridgehead atoms. The van der Waals surface area contributed by atoms with Crippen LogP contribution in [0.25, 0.3) is 0 Å². The third kappa shape index (κ3) is 2.24. The van der Waals surface area contributed by atoms with E-state index in [-0.39, 0.29) is 0 Å². The number of hydrogen-bond acceptors (Lipinski definition) is 1. The molecule has 1 heterocycles. The van der Waals surface area contributed by atoms with Crippen molar-refractivity contribution in [1.29, 1.82) is 0 Å². The summed E-state index contributed by atoms with van der Waals surface area (Å²) in [4.78, 5) is 0.898. The number of rotatable bonds is 2. The van der Waals surface area contributed by atoms with Crippen LogP contribution in [-0.4, -0.2) is 21.6 Å². The minimum absolute atomic E-state index is 0.898. The third-order valence-corrected chi connectivity index (χ3v) is 4.35. The average molecular weight is 274 g/mol. The second-order valence-corrected chi connectivity index (χ2v) is 5.74. The first kappa shape index (κ1) is 10.3. The summed E-state index contributed by atoms with van der Waals surface area (Å²) in [7, 11) is -0.955. The fourth-order valence-electron chi connectivity index (χ4n) is 1.55. The second kappa shape index (κ2) is 4.55. The van der Waals surface area contributed by atoms with E-state index in [9.17, 15) is 4.21 Å². The molecule has 0 amide bonds. The van der Waals surface area contributed by atoms with E-state index < -0.39 is 11.0 Å². The Morgan fingerprint density at radius 1 is 1.14 bits per heavy atom. The van der Waals surface area contributed by atoms with Crippen LogP contribution in [0.4, 0.5) is 0 Å². The minimum Gasteiger partial charge on any atom is -0.237 e. The van der Waals surface area contributed by atoms with Crippen molar-refractivity contribution in [3.8, 4) is 0 Å². The quantitative estimate of drug-likeness (QED) is 0.811. The van der Waals surface area contributed by atoms with Crippen molar-refractivity contribution in [2.45, 2.75) is 17.7 Å². The highest BCUT2D eigenvalue weighted by molar-refractivity contribution is 9.10. The molecular formula is C10H12BrNOS. The molecule has 0 saturated carbocycles. The standard InChI is InChI=1S/C10H12BrNOS/c11-9-3-5-10(6-4-9)14(13)12-7-1-2-8-12/h3-6H,1-2,7-8H2. The number of hydrogen-bond donors (Lipinski definition) is 0. The van der Waals surface area contributed by atoms with Crippen molar-refractivity contribution in [2.24, 2.45) is 0 Å². The Labute approximate surface area is 95.0 Å². The summed E-state index contributed by atoms with van der Waals surface area (Å²) in [6.45, 7) is 1.92. The van der Waals surface area contributed by atoms with Gasteiger partial charge in [-0.15, -0.1) is 0 Å². The van der Waals surface area contributed by atoms with Gasteiger partial charge in [-0.05, 0) is 37.1 Å². The van der Waals surface area contributed by atoms with Crippen LogP contribution in [0.1, 0.15) is 12.8 Å². The van der Waals surface area contributed by atoms with E-state index in [0.29, 0.717) is 0 Å². The van der Waals surface area contributed by atoms with Crippen LogP contribution in [0.3, 0.4) is 0 Å². The molecule has 14 heavy (non-hydrogen) atoms. The lowest BCUT2D eigenvalue weighted by Gasteiger charge is -2.13. The van der Waals surface area contributed by atoms with E-state index in [1.807, 2.05) is 28.6 Å². The van der Waals surface area contributed by atoms with Gasteiger partial charge in [-0.2, -0.15) is 0 Å². The SMILES string of the molecule is O=S(c1ccc(Br)cc1)N1CCCC1. The van der Waals surface area contributed by atoms with Crippen molar-refractivity contribution in [3.05, 3.63) is 28.7 Å². The summed E-state index contributed by atoms with van der Waals surface area (Å²) in [5.41, 5.74) is 0. The molecule has 0 N–H and O–H groups in total. The van der Waals surface area contributed by atoms with Gasteiger partial charge in [-0.3, -0.25) is 0 Å². The van der Waals surface area contributed by atoms with Crippen LogP contribution >= 0.6 is 15.9 Å². The molecule has 76 valence electrons. The van der Waals surface area contributed by atoms with Crippen molar-refractivity contribution in [1.82, 2.24) is 4.31 Å². The molecule has 0 radical (unpaired) electrons. The van der Waals surface area contributed by atoms with Crippen molar-refractivity contribution in [2.75, 3.05) is 13.1 Å². The minimum atomic E-state index is -0.955. The summed E-state index contributed by atoms with van der Waals surface area (Å²) in [6.07, 6.45) is 2.34. The number of benzene rings is 1. The van der Waals surface area contributed by atoms with Gasteiger partial charge < -0.3 is 0 Å². The van der Waals surface area contributed by atoms with Gasteiger partial charge in [0.2, 0.25) is 0 Å². The van der Waals surface area contributed by atoms with Crippen LogP contribution in [0.2, 0.25) is 0 Å². The molecule has 1 atom stereocenters. The van der Waals surface area contributed by atoms with Crippen molar-refractivity contribution >= 4 is 26.9 Å². The zero-order valence-corrected chi connectivity index (χ0v) is 10.2. The highest BCUT2D eigenvalue weighted by Crippen LogP contribution is 2.18. The molecule has 0 aromatic heterocycles. The van der Waals surface area contributed by atoms with Gasteiger partial charge in [0.05, 0.1) is 4.90 Å². The fourth-order valence-corrected chi connectivity index (χ4v) is 3.08. The van der Waals surface area contributed by atoms with Crippen LogP contribution in [0.5, 0.6) is 0 Å². The zero-order valence-electron chi connectivity index (χ0n) is 7.78. The Morgan fingerprint density at radius 2 is 1.71 bits per heavy atom. The maximum Gasteiger partial charge on any atom is 0.127 e. The van der Waals surface area contributed by atoms with E-state index >= 15 is 0 Å². The molecule has 1 unspecified atom stereocenters. The third-order valence-electron chi connectivity index (χ3n) is 2.31. The summed E-state index contributed by atoms with van der Waals surface area (Å²) < 4.78 is 15.0. The maximum atomic E-state index is 12.0. The van der Waals surface area contributed by atoms with Gasteiger partial charge in [0.1, 0.15) is 11.0 Å². The van der Waals surface area contributed by atoms with Crippen molar-refractivity contribution in [3.63, 3.8) is 0 Å². The first-order valence-corrected chi connectivity index (χ1v) is 6.60. The highest BCUT2D eigenvalue weighted by atomic mass is 79.9. The topological polar surface area (TPSA) is 20.3 Å². The van der Waals surface area contributed by atoms with Crippen LogP contribution < -0.4 is 0 Å². The monoisotopic (exact) mass is 273 g/mol. The van der Waals surface area contributed by atoms with Crippen LogP contribution in [0, 0.1) is 0 Å². The molecule has 0 aliphatic carbocycles. The molecule has 1 aromatic carbocycles. The summed E-state index contributed by atoms with van der Waals surface area (Å²) in [5.74, 6) is 0. The Kier molecular flexibility index (Phi) is 3.36. The Hall–Kier alpha value is -0.190. The lowest BCUT2D eigenvalue weighted by Crippen LogP contribution is -2.21. The summed E-state index contributed by atoms with van der Waals surface area (Å²) in [6, 6.07) is 7.70. The van der Waals surface area contributed by atoms with E-state index in [4.69, 9.17) is 0 Å². The van der Waals surface area contributed by atoms with Gasteiger partial charge in [-0.1, -0.05) is 15.9 Å². The lowest BCUT2D eigenvalue weighted by atomic mass is 10.4. The molecule has 2 rings (SSSR count). The molecule has 1 saturated heterocycles. The smallest absolute Gasteiger partial charge is 0.127 e. The summed E-state index contributed by atoms with van der Waals surface area (Å²) >= 11 is 3.37. The molecule has 0 spiro atoms. The molecule has 1 aromatic rings. The van der Waals surface area contributed by atoms with E-state index in [2.05, 4.69) is 15.9 Å². The zero-order chi connectivity index (χ0) is 9.97. The Morgan fingerprint density at radius 3 is 2.29 bits per heavy atom. The van der Waals surface area contributed by atoms with Gasteiger partial charge in [0, 0.05) is 17.6 Å². The largest absolute Gasteiger partial charge is 0.237 e. The van der Waals surface area contributed by atoms with Crippen LogP contribution in [-0.2, 0) is 11.0 Å². The second-order valence-electron chi connectivity index (χ2n) is 3.34. The van der Waals surface area contributed by atoms with Gasteiger partial charge in [0.15, 0.2) is 0 Å². The van der Waals surface area contributed by atoms with E-state index in [1.54, 1.807) is 0 Å². The maximum absolute atomic E-state index is 12.0.